The summed E-state index contributed by atoms with van der Waals surface area (Å²) in [5, 5.41) is 10.5. The summed E-state index contributed by atoms with van der Waals surface area (Å²) in [6.07, 6.45) is 7.13. The van der Waals surface area contributed by atoms with Gasteiger partial charge in [0, 0.05) is 29.1 Å². The van der Waals surface area contributed by atoms with Gasteiger partial charge in [-0.3, -0.25) is 9.89 Å². The van der Waals surface area contributed by atoms with Gasteiger partial charge in [0.05, 0.1) is 18.7 Å². The zero-order valence-electron chi connectivity index (χ0n) is 17.8. The number of methoxy groups -OCH3 is 1. The van der Waals surface area contributed by atoms with Gasteiger partial charge < -0.3 is 15.5 Å². The smallest absolute Gasteiger partial charge is 0.256 e. The highest BCUT2D eigenvalue weighted by atomic mass is 16.5. The highest BCUT2D eigenvalue weighted by Crippen LogP contribution is 2.38. The molecule has 4 N–H and O–H groups in total. The first kappa shape index (κ1) is 20.0. The van der Waals surface area contributed by atoms with E-state index in [0.717, 1.165) is 57.0 Å². The first-order chi connectivity index (χ1) is 15.7. The summed E-state index contributed by atoms with van der Waals surface area (Å²) >= 11 is 0. The van der Waals surface area contributed by atoms with Crippen molar-refractivity contribution in [3.8, 4) is 28.0 Å². The fraction of sp³-hybridized carbons (Fsp3) is 0.154. The van der Waals surface area contributed by atoms with E-state index in [1.54, 1.807) is 19.5 Å². The lowest BCUT2D eigenvalue weighted by atomic mass is 9.90. The molecule has 0 saturated carbocycles. The maximum atomic E-state index is 13.1. The van der Waals surface area contributed by atoms with Crippen molar-refractivity contribution in [2.45, 2.75) is 12.8 Å². The molecule has 5 aromatic rings. The molecule has 5 rings (SSSR count). The van der Waals surface area contributed by atoms with Crippen LogP contribution in [0.4, 0.5) is 0 Å². The van der Waals surface area contributed by atoms with Crippen molar-refractivity contribution in [1.82, 2.24) is 15.2 Å². The quantitative estimate of drug-likeness (QED) is 0.346. The average molecular weight is 425 g/mol. The van der Waals surface area contributed by atoms with E-state index in [4.69, 9.17) is 10.5 Å². The van der Waals surface area contributed by atoms with Gasteiger partial charge in [0.1, 0.15) is 5.75 Å². The Bertz CT molecular complexity index is 1470. The monoisotopic (exact) mass is 424 g/mol. The van der Waals surface area contributed by atoms with Crippen LogP contribution in [0.25, 0.3) is 43.8 Å². The minimum Gasteiger partial charge on any atom is -0.496 e. The van der Waals surface area contributed by atoms with Gasteiger partial charge in [-0.2, -0.15) is 5.10 Å². The third kappa shape index (κ3) is 3.35. The molecule has 160 valence electrons. The summed E-state index contributed by atoms with van der Waals surface area (Å²) in [5.41, 5.74) is 10.7. The lowest BCUT2D eigenvalue weighted by molar-refractivity contribution is 0.416. The van der Waals surface area contributed by atoms with E-state index in [9.17, 15) is 4.79 Å². The largest absolute Gasteiger partial charge is 0.496 e. The molecule has 0 unspecified atom stereocenters. The van der Waals surface area contributed by atoms with Gasteiger partial charge in [0.25, 0.3) is 5.56 Å². The summed E-state index contributed by atoms with van der Waals surface area (Å²) < 4.78 is 5.61. The Kier molecular flexibility index (Phi) is 5.21. The lowest BCUT2D eigenvalue weighted by Gasteiger charge is -2.15. The second-order valence-corrected chi connectivity index (χ2v) is 7.83. The lowest BCUT2D eigenvalue weighted by Crippen LogP contribution is -2.08. The van der Waals surface area contributed by atoms with E-state index >= 15 is 0 Å². The molecule has 0 fully saturated rings. The van der Waals surface area contributed by atoms with E-state index in [2.05, 4.69) is 39.4 Å². The number of hydrogen-bond donors (Lipinski definition) is 3. The number of aromatic amines is 2. The molecule has 0 atom stereocenters. The number of nitrogens with one attached hydrogen (secondary N) is 2. The number of para-hydroxylation sites is 1. The van der Waals surface area contributed by atoms with Gasteiger partial charge in [-0.25, -0.2) is 0 Å². The second kappa shape index (κ2) is 8.32. The molecule has 2 aromatic heterocycles. The van der Waals surface area contributed by atoms with Gasteiger partial charge in [0.2, 0.25) is 0 Å². The van der Waals surface area contributed by atoms with Crippen LogP contribution >= 0.6 is 0 Å². The van der Waals surface area contributed by atoms with Gasteiger partial charge in [-0.15, -0.1) is 0 Å². The summed E-state index contributed by atoms with van der Waals surface area (Å²) in [4.78, 5) is 16.1. The topological polar surface area (TPSA) is 96.8 Å². The molecular formula is C26H24N4O2. The number of aromatic nitrogens is 3. The van der Waals surface area contributed by atoms with Crippen LogP contribution in [-0.4, -0.2) is 28.8 Å². The van der Waals surface area contributed by atoms with Crippen molar-refractivity contribution in [2.24, 2.45) is 5.73 Å². The molecule has 0 aliphatic rings. The van der Waals surface area contributed by atoms with E-state index in [0.29, 0.717) is 11.9 Å². The standard InChI is InChI=1S/C26H24N4O2/c1-32-24-7-3-2-6-20(24)23-15-28-26(31)25-21-11-16(18-13-29-30-14-18)8-9-19(21)17(5-4-10-27)12-22(23)25/h2-3,6-9,11-15H,4-5,10,27H2,1H3,(H,28,31)(H,29,30). The SMILES string of the molecule is COc1ccccc1-c1c[nH]c(=O)c2c1cc(CCCN)c1ccc(-c3cn[nH]c3)cc12. The van der Waals surface area contributed by atoms with Crippen LogP contribution in [0.2, 0.25) is 0 Å². The highest BCUT2D eigenvalue weighted by molar-refractivity contribution is 6.14. The average Bonchev–Trinajstić information content (AvgIpc) is 3.37. The number of fused-ring (bicyclic) bond motifs is 3. The van der Waals surface area contributed by atoms with Crippen molar-refractivity contribution in [2.75, 3.05) is 13.7 Å². The summed E-state index contributed by atoms with van der Waals surface area (Å²) in [6.45, 7) is 0.612. The van der Waals surface area contributed by atoms with Crippen LogP contribution in [0.5, 0.6) is 5.75 Å². The minimum absolute atomic E-state index is 0.113. The number of rotatable bonds is 6. The minimum atomic E-state index is -0.113. The molecule has 32 heavy (non-hydrogen) atoms. The Labute approximate surface area is 185 Å². The molecular weight excluding hydrogens is 400 g/mol. The Morgan fingerprint density at radius 3 is 2.62 bits per heavy atom. The zero-order valence-corrected chi connectivity index (χ0v) is 17.8. The first-order valence-electron chi connectivity index (χ1n) is 10.6. The number of pyridine rings is 1. The van der Waals surface area contributed by atoms with Crippen LogP contribution in [0.15, 0.2) is 71.9 Å². The van der Waals surface area contributed by atoms with Gasteiger partial charge in [-0.1, -0.05) is 30.3 Å². The Balaban J connectivity index is 1.89. The fourth-order valence-electron chi connectivity index (χ4n) is 4.42. The second-order valence-electron chi connectivity index (χ2n) is 7.83. The number of nitrogens with two attached hydrogens (primary N) is 1. The van der Waals surface area contributed by atoms with E-state index in [1.165, 1.54) is 5.56 Å². The van der Waals surface area contributed by atoms with Crippen molar-refractivity contribution >= 4 is 21.5 Å². The number of benzene rings is 3. The predicted molar refractivity (Wildman–Crippen MR) is 129 cm³/mol. The number of H-pyrrole nitrogens is 2. The molecule has 0 saturated heterocycles. The van der Waals surface area contributed by atoms with E-state index in [-0.39, 0.29) is 5.56 Å². The van der Waals surface area contributed by atoms with E-state index in [1.807, 2.05) is 30.5 Å². The van der Waals surface area contributed by atoms with Gasteiger partial charge in [0.15, 0.2) is 0 Å². The number of aryl methyl sites for hydroxylation is 1. The maximum Gasteiger partial charge on any atom is 0.256 e. The summed E-state index contributed by atoms with van der Waals surface area (Å²) in [6, 6.07) is 16.2. The Morgan fingerprint density at radius 1 is 0.969 bits per heavy atom. The van der Waals surface area contributed by atoms with Crippen molar-refractivity contribution in [3.63, 3.8) is 0 Å². The summed E-state index contributed by atoms with van der Waals surface area (Å²) in [7, 11) is 1.66. The molecule has 6 nitrogen and oxygen atoms in total. The fourth-order valence-corrected chi connectivity index (χ4v) is 4.42. The third-order valence-corrected chi connectivity index (χ3v) is 5.97. The maximum absolute atomic E-state index is 13.1. The Morgan fingerprint density at radius 2 is 1.84 bits per heavy atom. The number of ether oxygens (including phenoxy) is 1. The molecule has 0 radical (unpaired) electrons. The van der Waals surface area contributed by atoms with Crippen LogP contribution < -0.4 is 16.0 Å². The number of hydrogen-bond acceptors (Lipinski definition) is 4. The first-order valence-corrected chi connectivity index (χ1v) is 10.6. The molecule has 2 heterocycles. The van der Waals surface area contributed by atoms with Crippen LogP contribution in [0.3, 0.4) is 0 Å². The van der Waals surface area contributed by atoms with Crippen molar-refractivity contribution < 1.29 is 4.74 Å². The van der Waals surface area contributed by atoms with Crippen molar-refractivity contribution in [3.05, 3.63) is 83.0 Å². The molecule has 6 heteroatoms. The van der Waals surface area contributed by atoms with Crippen LogP contribution in [0, 0.1) is 0 Å². The van der Waals surface area contributed by atoms with Gasteiger partial charge in [-0.05, 0) is 64.9 Å². The Hall–Kier alpha value is -3.90. The number of nitrogens with zero attached hydrogens (tertiary/aromatic N) is 1. The predicted octanol–water partition coefficient (Wildman–Crippen LogP) is 4.64. The third-order valence-electron chi connectivity index (χ3n) is 5.97. The molecule has 3 aromatic carbocycles. The zero-order chi connectivity index (χ0) is 22.1. The van der Waals surface area contributed by atoms with Crippen molar-refractivity contribution in [1.29, 1.82) is 0 Å². The molecule has 0 bridgehead atoms. The van der Waals surface area contributed by atoms with E-state index < -0.39 is 0 Å². The van der Waals surface area contributed by atoms with Crippen LogP contribution in [0.1, 0.15) is 12.0 Å². The van der Waals surface area contributed by atoms with Gasteiger partial charge >= 0.3 is 0 Å². The van der Waals surface area contributed by atoms with Crippen LogP contribution in [-0.2, 0) is 6.42 Å². The highest BCUT2D eigenvalue weighted by Gasteiger charge is 2.16. The molecule has 0 amide bonds. The molecule has 0 aliphatic carbocycles. The molecule has 0 spiro atoms. The summed E-state index contributed by atoms with van der Waals surface area (Å²) in [5.74, 6) is 0.761. The molecule has 0 aliphatic heterocycles. The normalized spacial score (nSPS) is 11.3.